The molecular weight excluding hydrogens is 366 g/mol. The minimum atomic E-state index is -0.150. The van der Waals surface area contributed by atoms with E-state index in [2.05, 4.69) is 34.7 Å². The fraction of sp³-hybridized carbons (Fsp3) is 0.217. The van der Waals surface area contributed by atoms with E-state index >= 15 is 0 Å². The quantitative estimate of drug-likeness (QED) is 0.593. The van der Waals surface area contributed by atoms with Crippen molar-refractivity contribution in [1.29, 1.82) is 0 Å². The Kier molecular flexibility index (Phi) is 6.68. The summed E-state index contributed by atoms with van der Waals surface area (Å²) < 4.78 is 10.5. The third-order valence-corrected chi connectivity index (χ3v) is 4.53. The van der Waals surface area contributed by atoms with E-state index in [9.17, 15) is 4.79 Å². The van der Waals surface area contributed by atoms with Crippen molar-refractivity contribution in [2.45, 2.75) is 19.4 Å². The first kappa shape index (κ1) is 20.2. The third-order valence-electron chi connectivity index (χ3n) is 4.53. The first-order valence-corrected chi connectivity index (χ1v) is 9.37. The van der Waals surface area contributed by atoms with E-state index in [4.69, 9.17) is 9.47 Å². The Labute approximate surface area is 170 Å². The van der Waals surface area contributed by atoms with Gasteiger partial charge in [0.15, 0.2) is 11.5 Å². The zero-order valence-corrected chi connectivity index (χ0v) is 16.8. The number of hydrogen-bond acceptors (Lipinski definition) is 5. The van der Waals surface area contributed by atoms with Gasteiger partial charge in [0.2, 0.25) is 5.91 Å². The molecule has 0 bridgehead atoms. The summed E-state index contributed by atoms with van der Waals surface area (Å²) >= 11 is 0. The lowest BCUT2D eigenvalue weighted by Gasteiger charge is -2.15. The second-order valence-electron chi connectivity index (χ2n) is 6.62. The van der Waals surface area contributed by atoms with E-state index in [-0.39, 0.29) is 18.4 Å². The van der Waals surface area contributed by atoms with Crippen molar-refractivity contribution in [3.63, 3.8) is 0 Å². The molecule has 2 aromatic carbocycles. The topological polar surface area (TPSA) is 72.5 Å². The third kappa shape index (κ3) is 5.48. The van der Waals surface area contributed by atoms with Crippen LogP contribution in [0.25, 0.3) is 0 Å². The number of rotatable bonds is 8. The van der Waals surface area contributed by atoms with Gasteiger partial charge in [0.05, 0.1) is 32.5 Å². The van der Waals surface area contributed by atoms with Crippen LogP contribution in [-0.2, 0) is 11.2 Å². The minimum absolute atomic E-state index is 0.150. The molecule has 29 heavy (non-hydrogen) atoms. The van der Waals surface area contributed by atoms with Gasteiger partial charge < -0.3 is 20.1 Å². The molecule has 3 rings (SSSR count). The lowest BCUT2D eigenvalue weighted by Crippen LogP contribution is -2.15. The van der Waals surface area contributed by atoms with Gasteiger partial charge in [-0.1, -0.05) is 36.4 Å². The highest BCUT2D eigenvalue weighted by Crippen LogP contribution is 2.27. The van der Waals surface area contributed by atoms with Crippen LogP contribution in [0.15, 0.2) is 66.9 Å². The molecule has 150 valence electrons. The van der Waals surface area contributed by atoms with Crippen LogP contribution in [0.5, 0.6) is 11.5 Å². The summed E-state index contributed by atoms with van der Waals surface area (Å²) in [5.41, 5.74) is 2.91. The van der Waals surface area contributed by atoms with Crippen LogP contribution in [0.4, 0.5) is 11.5 Å². The van der Waals surface area contributed by atoms with Crippen molar-refractivity contribution < 1.29 is 14.3 Å². The molecule has 0 aliphatic rings. The molecule has 1 heterocycles. The summed E-state index contributed by atoms with van der Waals surface area (Å²) in [5, 5.41) is 6.22. The van der Waals surface area contributed by atoms with E-state index in [0.29, 0.717) is 17.3 Å². The van der Waals surface area contributed by atoms with Crippen LogP contribution >= 0.6 is 0 Å². The first-order valence-electron chi connectivity index (χ1n) is 9.37. The molecule has 0 aliphatic carbocycles. The molecule has 0 radical (unpaired) electrons. The number of hydrogen-bond donors (Lipinski definition) is 2. The predicted octanol–water partition coefficient (Wildman–Crippen LogP) is 4.45. The van der Waals surface area contributed by atoms with Gasteiger partial charge in [0, 0.05) is 6.04 Å². The van der Waals surface area contributed by atoms with Crippen molar-refractivity contribution in [2.75, 3.05) is 24.9 Å². The molecule has 0 saturated carbocycles. The molecule has 1 aromatic heterocycles. The maximum absolute atomic E-state index is 12.3. The summed E-state index contributed by atoms with van der Waals surface area (Å²) in [6.07, 6.45) is 1.93. The fourth-order valence-corrected chi connectivity index (χ4v) is 2.99. The van der Waals surface area contributed by atoms with Crippen molar-refractivity contribution in [3.05, 3.63) is 78.0 Å². The lowest BCUT2D eigenvalue weighted by atomic mass is 10.1. The Hall–Kier alpha value is -3.54. The van der Waals surface area contributed by atoms with Crippen LogP contribution in [0.1, 0.15) is 24.1 Å². The molecule has 0 saturated heterocycles. The average molecular weight is 391 g/mol. The Balaban J connectivity index is 1.57. The fourth-order valence-electron chi connectivity index (χ4n) is 2.99. The van der Waals surface area contributed by atoms with Gasteiger partial charge in [-0.2, -0.15) is 0 Å². The highest BCUT2D eigenvalue weighted by molar-refractivity contribution is 5.91. The number of amides is 1. The molecular formula is C23H25N3O3. The zero-order chi connectivity index (χ0) is 20.6. The van der Waals surface area contributed by atoms with Crippen LogP contribution in [0, 0.1) is 0 Å². The van der Waals surface area contributed by atoms with Gasteiger partial charge in [-0.15, -0.1) is 0 Å². The average Bonchev–Trinajstić information content (AvgIpc) is 2.75. The number of methoxy groups -OCH3 is 2. The Morgan fingerprint density at radius 3 is 2.41 bits per heavy atom. The SMILES string of the molecule is COc1ccc(CC(=O)Nc2ccc(NC(C)c3ccccc3)cn2)cc1OC. The number of anilines is 2. The van der Waals surface area contributed by atoms with E-state index < -0.39 is 0 Å². The predicted molar refractivity (Wildman–Crippen MR) is 115 cm³/mol. The largest absolute Gasteiger partial charge is 0.493 e. The molecule has 1 atom stereocenters. The summed E-state index contributed by atoms with van der Waals surface area (Å²) in [5.74, 6) is 1.58. The van der Waals surface area contributed by atoms with E-state index in [1.165, 1.54) is 5.56 Å². The normalized spacial score (nSPS) is 11.4. The lowest BCUT2D eigenvalue weighted by molar-refractivity contribution is -0.115. The molecule has 1 amide bonds. The number of carbonyl (C=O) groups excluding carboxylic acids is 1. The number of carbonyl (C=O) groups is 1. The molecule has 0 fully saturated rings. The van der Waals surface area contributed by atoms with E-state index in [1.54, 1.807) is 38.6 Å². The highest BCUT2D eigenvalue weighted by atomic mass is 16.5. The number of benzene rings is 2. The number of nitrogens with one attached hydrogen (secondary N) is 2. The van der Waals surface area contributed by atoms with E-state index in [1.807, 2.05) is 30.3 Å². The number of aromatic nitrogens is 1. The van der Waals surface area contributed by atoms with Gasteiger partial charge in [0.25, 0.3) is 0 Å². The molecule has 0 spiro atoms. The molecule has 6 nitrogen and oxygen atoms in total. The number of ether oxygens (including phenoxy) is 2. The Morgan fingerprint density at radius 1 is 1.00 bits per heavy atom. The molecule has 0 aliphatic heterocycles. The van der Waals surface area contributed by atoms with Crippen LogP contribution in [0.3, 0.4) is 0 Å². The molecule has 2 N–H and O–H groups in total. The summed E-state index contributed by atoms with van der Waals surface area (Å²) in [6, 6.07) is 19.4. The monoisotopic (exact) mass is 391 g/mol. The van der Waals surface area contributed by atoms with Crippen LogP contribution < -0.4 is 20.1 Å². The van der Waals surface area contributed by atoms with E-state index in [0.717, 1.165) is 11.3 Å². The second-order valence-corrected chi connectivity index (χ2v) is 6.62. The number of nitrogens with zero attached hydrogens (tertiary/aromatic N) is 1. The smallest absolute Gasteiger partial charge is 0.229 e. The standard InChI is InChI=1S/C23H25N3O3/c1-16(18-7-5-4-6-8-18)25-19-10-12-22(24-15-19)26-23(27)14-17-9-11-20(28-2)21(13-17)29-3/h4-13,15-16,25H,14H2,1-3H3,(H,24,26,27). The van der Waals surface area contributed by atoms with Crippen LogP contribution in [0.2, 0.25) is 0 Å². The van der Waals surface area contributed by atoms with Gasteiger partial charge >= 0.3 is 0 Å². The van der Waals surface area contributed by atoms with Crippen molar-refractivity contribution >= 4 is 17.4 Å². The first-order chi connectivity index (χ1) is 14.1. The summed E-state index contributed by atoms with van der Waals surface area (Å²) in [6.45, 7) is 2.09. The zero-order valence-electron chi connectivity index (χ0n) is 16.8. The van der Waals surface area contributed by atoms with Gasteiger partial charge in [0.1, 0.15) is 5.82 Å². The molecule has 6 heteroatoms. The van der Waals surface area contributed by atoms with Gasteiger partial charge in [-0.25, -0.2) is 4.98 Å². The van der Waals surface area contributed by atoms with Crippen molar-refractivity contribution in [1.82, 2.24) is 4.98 Å². The number of pyridine rings is 1. The molecule has 3 aromatic rings. The van der Waals surface area contributed by atoms with Crippen molar-refractivity contribution in [3.8, 4) is 11.5 Å². The molecule has 1 unspecified atom stereocenters. The van der Waals surface area contributed by atoms with Gasteiger partial charge in [-0.3, -0.25) is 4.79 Å². The maximum atomic E-state index is 12.3. The van der Waals surface area contributed by atoms with Gasteiger partial charge in [-0.05, 0) is 42.3 Å². The Bertz CT molecular complexity index is 943. The Morgan fingerprint density at radius 2 is 1.76 bits per heavy atom. The van der Waals surface area contributed by atoms with Crippen LogP contribution in [-0.4, -0.2) is 25.1 Å². The van der Waals surface area contributed by atoms with Crippen molar-refractivity contribution in [2.24, 2.45) is 0 Å². The minimum Gasteiger partial charge on any atom is -0.493 e. The summed E-state index contributed by atoms with van der Waals surface area (Å²) in [4.78, 5) is 16.7. The summed E-state index contributed by atoms with van der Waals surface area (Å²) in [7, 11) is 3.15. The second kappa shape index (κ2) is 9.59. The maximum Gasteiger partial charge on any atom is 0.229 e. The highest BCUT2D eigenvalue weighted by Gasteiger charge is 2.10.